The van der Waals surface area contributed by atoms with Gasteiger partial charge in [-0.15, -0.1) is 0 Å². The number of hydrogen-bond donors (Lipinski definition) is 3. The zero-order valence-electron chi connectivity index (χ0n) is 6.81. The molecule has 1 fully saturated rings. The van der Waals surface area contributed by atoms with E-state index in [0.29, 0.717) is 19.4 Å². The second-order valence-corrected chi connectivity index (χ2v) is 2.99. The molecule has 1 rings (SSSR count). The van der Waals surface area contributed by atoms with E-state index in [1.165, 1.54) is 4.90 Å². The molecule has 5 heteroatoms. The molecule has 1 aliphatic heterocycles. The van der Waals surface area contributed by atoms with E-state index in [2.05, 4.69) is 0 Å². The van der Waals surface area contributed by atoms with Gasteiger partial charge in [0.25, 0.3) is 0 Å². The number of nitrogens with zero attached hydrogens (tertiary/aromatic N) is 1. The third kappa shape index (κ3) is 1.67. The summed E-state index contributed by atoms with van der Waals surface area (Å²) in [5, 5.41) is 18.1. The van der Waals surface area contributed by atoms with Crippen molar-refractivity contribution in [1.29, 1.82) is 0 Å². The molecule has 5 nitrogen and oxygen atoms in total. The summed E-state index contributed by atoms with van der Waals surface area (Å²) in [4.78, 5) is 11.8. The molecule has 0 saturated carbocycles. The summed E-state index contributed by atoms with van der Waals surface area (Å²) in [5.74, 6) is 0. The van der Waals surface area contributed by atoms with Crippen molar-refractivity contribution in [3.8, 4) is 0 Å². The third-order valence-corrected chi connectivity index (χ3v) is 2.23. The fourth-order valence-electron chi connectivity index (χ4n) is 1.56. The van der Waals surface area contributed by atoms with Crippen molar-refractivity contribution in [3.05, 3.63) is 0 Å². The highest BCUT2D eigenvalue weighted by atomic mass is 16.4. The van der Waals surface area contributed by atoms with Crippen LogP contribution >= 0.6 is 0 Å². The molecule has 70 valence electrons. The van der Waals surface area contributed by atoms with Crippen molar-refractivity contribution in [2.45, 2.75) is 25.0 Å². The van der Waals surface area contributed by atoms with Gasteiger partial charge in [-0.25, -0.2) is 4.79 Å². The largest absolute Gasteiger partial charge is 0.465 e. The molecule has 1 heterocycles. The molecule has 2 atom stereocenters. The zero-order chi connectivity index (χ0) is 9.14. The maximum atomic E-state index is 10.6. The van der Waals surface area contributed by atoms with Gasteiger partial charge in [0.1, 0.15) is 0 Å². The average Bonchev–Trinajstić information content (AvgIpc) is 2.03. The Morgan fingerprint density at radius 2 is 2.33 bits per heavy atom. The highest BCUT2D eigenvalue weighted by molar-refractivity contribution is 5.65. The molecule has 0 aromatic rings. The second kappa shape index (κ2) is 3.73. The quantitative estimate of drug-likeness (QED) is 0.497. The Labute approximate surface area is 70.8 Å². The number of piperidine rings is 1. The molecule has 1 saturated heterocycles. The first-order valence-corrected chi connectivity index (χ1v) is 4.04. The van der Waals surface area contributed by atoms with Crippen molar-refractivity contribution in [1.82, 2.24) is 4.90 Å². The molecule has 12 heavy (non-hydrogen) atoms. The first-order chi connectivity index (χ1) is 5.66. The van der Waals surface area contributed by atoms with Crippen molar-refractivity contribution in [2.75, 3.05) is 13.1 Å². The van der Waals surface area contributed by atoms with E-state index in [1.54, 1.807) is 0 Å². The van der Waals surface area contributed by atoms with Crippen molar-refractivity contribution in [2.24, 2.45) is 5.73 Å². The minimum absolute atomic E-state index is 0.188. The van der Waals surface area contributed by atoms with Crippen LogP contribution < -0.4 is 5.73 Å². The summed E-state index contributed by atoms with van der Waals surface area (Å²) in [5.41, 5.74) is 5.36. The maximum absolute atomic E-state index is 10.6. The molecule has 0 radical (unpaired) electrons. The van der Waals surface area contributed by atoms with Crippen LogP contribution in [0, 0.1) is 0 Å². The predicted octanol–water partition coefficient (Wildman–Crippen LogP) is -0.552. The molecule has 1 aliphatic rings. The van der Waals surface area contributed by atoms with Crippen molar-refractivity contribution >= 4 is 6.09 Å². The fourth-order valence-corrected chi connectivity index (χ4v) is 1.56. The van der Waals surface area contributed by atoms with Gasteiger partial charge < -0.3 is 20.8 Å². The lowest BCUT2D eigenvalue weighted by atomic mass is 10.00. The summed E-state index contributed by atoms with van der Waals surface area (Å²) < 4.78 is 0. The minimum Gasteiger partial charge on any atom is -0.465 e. The Hall–Kier alpha value is -0.810. The van der Waals surface area contributed by atoms with E-state index >= 15 is 0 Å². The molecule has 0 aromatic heterocycles. The van der Waals surface area contributed by atoms with Crippen molar-refractivity contribution < 1.29 is 15.0 Å². The number of aliphatic hydroxyl groups is 1. The monoisotopic (exact) mass is 174 g/mol. The van der Waals surface area contributed by atoms with Crippen LogP contribution in [0.2, 0.25) is 0 Å². The molecule has 0 aromatic carbocycles. The van der Waals surface area contributed by atoms with E-state index in [4.69, 9.17) is 10.8 Å². The molecular formula is C7H14N2O3. The van der Waals surface area contributed by atoms with Crippen LogP contribution in [0.4, 0.5) is 4.79 Å². The van der Waals surface area contributed by atoms with E-state index in [-0.39, 0.29) is 6.54 Å². The second-order valence-electron chi connectivity index (χ2n) is 2.99. The van der Waals surface area contributed by atoms with Gasteiger partial charge in [0.15, 0.2) is 0 Å². The van der Waals surface area contributed by atoms with Gasteiger partial charge in [-0.2, -0.15) is 0 Å². The number of aliphatic hydroxyl groups excluding tert-OH is 1. The normalized spacial score (nSPS) is 30.3. The van der Waals surface area contributed by atoms with Gasteiger partial charge in [-0.1, -0.05) is 0 Å². The van der Waals surface area contributed by atoms with Crippen LogP contribution in [-0.2, 0) is 0 Å². The molecule has 2 unspecified atom stereocenters. The van der Waals surface area contributed by atoms with Gasteiger partial charge in [-0.05, 0) is 12.8 Å². The summed E-state index contributed by atoms with van der Waals surface area (Å²) in [6, 6.07) is -0.420. The van der Waals surface area contributed by atoms with E-state index < -0.39 is 18.2 Å². The van der Waals surface area contributed by atoms with Crippen LogP contribution in [0.1, 0.15) is 12.8 Å². The fraction of sp³-hybridized carbons (Fsp3) is 0.857. The topological polar surface area (TPSA) is 86.8 Å². The Morgan fingerprint density at radius 3 is 2.75 bits per heavy atom. The van der Waals surface area contributed by atoms with Gasteiger partial charge in [-0.3, -0.25) is 0 Å². The van der Waals surface area contributed by atoms with Gasteiger partial charge in [0.05, 0.1) is 12.1 Å². The Bertz CT molecular complexity index is 174. The van der Waals surface area contributed by atoms with Crippen LogP contribution in [0.15, 0.2) is 0 Å². The van der Waals surface area contributed by atoms with Crippen molar-refractivity contribution in [3.63, 3.8) is 0 Å². The highest BCUT2D eigenvalue weighted by Gasteiger charge is 2.31. The Balaban J connectivity index is 2.64. The summed E-state index contributed by atoms with van der Waals surface area (Å²) >= 11 is 0. The summed E-state index contributed by atoms with van der Waals surface area (Å²) in [7, 11) is 0. The first-order valence-electron chi connectivity index (χ1n) is 4.04. The lowest BCUT2D eigenvalue weighted by Gasteiger charge is -2.36. The third-order valence-electron chi connectivity index (χ3n) is 2.23. The zero-order valence-corrected chi connectivity index (χ0v) is 6.81. The Morgan fingerprint density at radius 1 is 1.67 bits per heavy atom. The number of amides is 1. The average molecular weight is 174 g/mol. The summed E-state index contributed by atoms with van der Waals surface area (Å²) in [6.45, 7) is 0.668. The number of rotatable bonds is 1. The molecule has 4 N–H and O–H groups in total. The smallest absolute Gasteiger partial charge is 0.407 e. The number of carbonyl (C=O) groups is 1. The van der Waals surface area contributed by atoms with Crippen LogP contribution in [0.25, 0.3) is 0 Å². The van der Waals surface area contributed by atoms with E-state index in [0.717, 1.165) is 0 Å². The Kier molecular flexibility index (Phi) is 2.88. The van der Waals surface area contributed by atoms with Gasteiger partial charge >= 0.3 is 6.09 Å². The lowest BCUT2D eigenvalue weighted by Crippen LogP contribution is -2.54. The predicted molar refractivity (Wildman–Crippen MR) is 42.8 cm³/mol. The SMILES string of the molecule is NCC1C(O)CCCN1C(=O)O. The van der Waals surface area contributed by atoms with Gasteiger partial charge in [0.2, 0.25) is 0 Å². The summed E-state index contributed by atoms with van der Waals surface area (Å²) in [6.07, 6.45) is -0.237. The van der Waals surface area contributed by atoms with E-state index in [1.807, 2.05) is 0 Å². The first kappa shape index (κ1) is 9.28. The van der Waals surface area contributed by atoms with Crippen LogP contribution in [-0.4, -0.2) is 46.4 Å². The van der Waals surface area contributed by atoms with Crippen LogP contribution in [0.5, 0.6) is 0 Å². The number of carboxylic acid groups (broad SMARTS) is 1. The lowest BCUT2D eigenvalue weighted by molar-refractivity contribution is 0.0200. The number of hydrogen-bond acceptors (Lipinski definition) is 3. The molecule has 1 amide bonds. The standard InChI is InChI=1S/C7H14N2O3/c8-4-5-6(10)2-1-3-9(5)7(11)12/h5-6,10H,1-4,8H2,(H,11,12). The number of likely N-dealkylation sites (tertiary alicyclic amines) is 1. The molecule has 0 aliphatic carbocycles. The number of nitrogens with two attached hydrogens (primary N) is 1. The van der Waals surface area contributed by atoms with Gasteiger partial charge in [0, 0.05) is 13.1 Å². The molecule has 0 spiro atoms. The minimum atomic E-state index is -0.996. The maximum Gasteiger partial charge on any atom is 0.407 e. The highest BCUT2D eigenvalue weighted by Crippen LogP contribution is 2.16. The van der Waals surface area contributed by atoms with E-state index in [9.17, 15) is 9.90 Å². The molecular weight excluding hydrogens is 160 g/mol. The molecule has 0 bridgehead atoms. The van der Waals surface area contributed by atoms with Crippen LogP contribution in [0.3, 0.4) is 0 Å².